The Morgan fingerprint density at radius 2 is 2.22 bits per heavy atom. The first-order chi connectivity index (χ1) is 8.61. The van der Waals surface area contributed by atoms with Gasteiger partial charge in [-0.25, -0.2) is 0 Å². The number of esters is 1. The molecule has 0 spiro atoms. The predicted octanol–water partition coefficient (Wildman–Crippen LogP) is 2.12. The number of thioether (sulfide) groups is 1. The first-order valence-corrected chi connectivity index (χ1v) is 6.94. The third kappa shape index (κ3) is 2.77. The van der Waals surface area contributed by atoms with Gasteiger partial charge in [0.1, 0.15) is 0 Å². The third-order valence-electron chi connectivity index (χ3n) is 3.25. The van der Waals surface area contributed by atoms with Crippen LogP contribution in [0.15, 0.2) is 21.8 Å². The molecule has 4 nitrogen and oxygen atoms in total. The molecule has 2 atom stereocenters. The zero-order chi connectivity index (χ0) is 13.1. The molecule has 5 heteroatoms. The molecule has 0 radical (unpaired) electrons. The number of ether oxygens (including phenoxy) is 1. The third-order valence-corrected chi connectivity index (χ3v) is 4.70. The van der Waals surface area contributed by atoms with Gasteiger partial charge in [0.15, 0.2) is 0 Å². The molecule has 0 amide bonds. The molecule has 0 bridgehead atoms. The number of carbonyl (C=O) groups excluding carboxylic acids is 1. The SMILES string of the molecule is COC(=O)[C@H]1CCC[C@H]1Sc1ccc(C)[nH]c1=O. The van der Waals surface area contributed by atoms with Gasteiger partial charge in [-0.2, -0.15) is 0 Å². The quantitative estimate of drug-likeness (QED) is 0.852. The molecule has 0 aliphatic heterocycles. The molecule has 2 rings (SSSR count). The van der Waals surface area contributed by atoms with E-state index in [9.17, 15) is 9.59 Å². The van der Waals surface area contributed by atoms with Crippen LogP contribution in [0, 0.1) is 12.8 Å². The summed E-state index contributed by atoms with van der Waals surface area (Å²) in [6.45, 7) is 1.85. The lowest BCUT2D eigenvalue weighted by Crippen LogP contribution is -2.23. The summed E-state index contributed by atoms with van der Waals surface area (Å²) in [5.41, 5.74) is 0.774. The fraction of sp³-hybridized carbons (Fsp3) is 0.538. The largest absolute Gasteiger partial charge is 0.469 e. The number of aryl methyl sites for hydroxylation is 1. The maximum absolute atomic E-state index is 11.8. The van der Waals surface area contributed by atoms with Crippen molar-refractivity contribution in [2.75, 3.05) is 7.11 Å². The van der Waals surface area contributed by atoms with E-state index in [1.807, 2.05) is 19.1 Å². The highest BCUT2D eigenvalue weighted by molar-refractivity contribution is 8.00. The number of hydrogen-bond donors (Lipinski definition) is 1. The van der Waals surface area contributed by atoms with E-state index < -0.39 is 0 Å². The van der Waals surface area contributed by atoms with Gasteiger partial charge in [-0.3, -0.25) is 9.59 Å². The number of rotatable bonds is 3. The minimum Gasteiger partial charge on any atom is -0.469 e. The van der Waals surface area contributed by atoms with Gasteiger partial charge in [0.05, 0.1) is 17.9 Å². The standard InChI is InChI=1S/C13H17NO3S/c1-8-6-7-11(12(15)14-8)18-10-5-3-4-9(10)13(16)17-2/h6-7,9-10H,3-5H2,1-2H3,(H,14,15)/t9-,10+/m0/s1. The van der Waals surface area contributed by atoms with E-state index in [0.717, 1.165) is 25.0 Å². The maximum Gasteiger partial charge on any atom is 0.309 e. The van der Waals surface area contributed by atoms with Crippen molar-refractivity contribution in [2.45, 2.75) is 36.3 Å². The average Bonchev–Trinajstić information content (AvgIpc) is 2.80. The summed E-state index contributed by atoms with van der Waals surface area (Å²) in [5, 5.41) is 0.154. The molecule has 1 fully saturated rings. The second-order valence-corrected chi connectivity index (χ2v) is 5.83. The average molecular weight is 267 g/mol. The first kappa shape index (κ1) is 13.2. The zero-order valence-electron chi connectivity index (χ0n) is 10.6. The molecule has 18 heavy (non-hydrogen) atoms. The Hall–Kier alpha value is -1.23. The Balaban J connectivity index is 2.13. The maximum atomic E-state index is 11.8. The van der Waals surface area contributed by atoms with Crippen LogP contribution in [0.5, 0.6) is 0 Å². The van der Waals surface area contributed by atoms with Crippen molar-refractivity contribution in [1.29, 1.82) is 0 Å². The Labute approximate surface area is 110 Å². The highest BCUT2D eigenvalue weighted by atomic mass is 32.2. The molecule has 1 aliphatic rings. The molecule has 0 aromatic carbocycles. The van der Waals surface area contributed by atoms with Gasteiger partial charge in [-0.15, -0.1) is 11.8 Å². The summed E-state index contributed by atoms with van der Waals surface area (Å²) in [6, 6.07) is 3.71. The minimum absolute atomic E-state index is 0.0736. The van der Waals surface area contributed by atoms with Gasteiger partial charge in [0.2, 0.25) is 0 Å². The number of carbonyl (C=O) groups is 1. The summed E-state index contributed by atoms with van der Waals surface area (Å²) in [6.07, 6.45) is 2.83. The number of aromatic amines is 1. The number of aromatic nitrogens is 1. The van der Waals surface area contributed by atoms with Crippen molar-refractivity contribution in [2.24, 2.45) is 5.92 Å². The topological polar surface area (TPSA) is 59.2 Å². The Bertz CT molecular complexity index is 497. The highest BCUT2D eigenvalue weighted by Gasteiger charge is 2.34. The summed E-state index contributed by atoms with van der Waals surface area (Å²) in [4.78, 5) is 26.9. The van der Waals surface area contributed by atoms with Gasteiger partial charge in [-0.1, -0.05) is 6.42 Å². The van der Waals surface area contributed by atoms with Crippen molar-refractivity contribution in [3.05, 3.63) is 28.2 Å². The Morgan fingerprint density at radius 1 is 1.44 bits per heavy atom. The first-order valence-electron chi connectivity index (χ1n) is 6.06. The van der Waals surface area contributed by atoms with Gasteiger partial charge >= 0.3 is 5.97 Å². The van der Waals surface area contributed by atoms with Crippen LogP contribution in [0.4, 0.5) is 0 Å². The minimum atomic E-state index is -0.159. The number of pyridine rings is 1. The lowest BCUT2D eigenvalue weighted by atomic mass is 10.1. The molecule has 1 aromatic heterocycles. The lowest BCUT2D eigenvalue weighted by molar-refractivity contribution is -0.144. The predicted molar refractivity (Wildman–Crippen MR) is 70.8 cm³/mol. The molecule has 1 saturated carbocycles. The van der Waals surface area contributed by atoms with Crippen molar-refractivity contribution < 1.29 is 9.53 Å². The van der Waals surface area contributed by atoms with E-state index in [1.54, 1.807) is 0 Å². The Kier molecular flexibility index (Phi) is 4.11. The molecule has 1 N–H and O–H groups in total. The van der Waals surface area contributed by atoms with Crippen molar-refractivity contribution in [3.8, 4) is 0 Å². The molecule has 1 heterocycles. The lowest BCUT2D eigenvalue weighted by Gasteiger charge is -2.16. The fourth-order valence-electron chi connectivity index (χ4n) is 2.30. The van der Waals surface area contributed by atoms with Gasteiger partial charge in [0.25, 0.3) is 5.56 Å². The molecular formula is C13H17NO3S. The van der Waals surface area contributed by atoms with E-state index in [4.69, 9.17) is 4.74 Å². The second-order valence-electron chi connectivity index (χ2n) is 4.55. The Morgan fingerprint density at radius 3 is 2.89 bits per heavy atom. The van der Waals surface area contributed by atoms with Crippen LogP contribution in [-0.4, -0.2) is 23.3 Å². The summed E-state index contributed by atoms with van der Waals surface area (Å²) < 4.78 is 4.81. The van der Waals surface area contributed by atoms with Crippen LogP contribution in [0.2, 0.25) is 0 Å². The van der Waals surface area contributed by atoms with Gasteiger partial charge in [-0.05, 0) is 31.9 Å². The fourth-order valence-corrected chi connectivity index (χ4v) is 3.63. The van der Waals surface area contributed by atoms with E-state index in [-0.39, 0.29) is 22.7 Å². The molecule has 1 aromatic rings. The van der Waals surface area contributed by atoms with Crippen LogP contribution in [0.1, 0.15) is 25.0 Å². The number of hydrogen-bond acceptors (Lipinski definition) is 4. The molecular weight excluding hydrogens is 250 g/mol. The van der Waals surface area contributed by atoms with Gasteiger partial charge < -0.3 is 9.72 Å². The van der Waals surface area contributed by atoms with E-state index in [1.165, 1.54) is 18.9 Å². The van der Waals surface area contributed by atoms with E-state index >= 15 is 0 Å². The number of H-pyrrole nitrogens is 1. The van der Waals surface area contributed by atoms with Crippen LogP contribution in [0.25, 0.3) is 0 Å². The molecule has 1 aliphatic carbocycles. The monoisotopic (exact) mass is 267 g/mol. The second kappa shape index (κ2) is 5.61. The van der Waals surface area contributed by atoms with Gasteiger partial charge in [0, 0.05) is 10.9 Å². The van der Waals surface area contributed by atoms with E-state index in [0.29, 0.717) is 4.90 Å². The molecule has 0 saturated heterocycles. The molecule has 98 valence electrons. The van der Waals surface area contributed by atoms with Crippen LogP contribution in [-0.2, 0) is 9.53 Å². The summed E-state index contributed by atoms with van der Waals surface area (Å²) in [7, 11) is 1.42. The smallest absolute Gasteiger partial charge is 0.309 e. The van der Waals surface area contributed by atoms with Crippen molar-refractivity contribution in [1.82, 2.24) is 4.98 Å². The van der Waals surface area contributed by atoms with Crippen molar-refractivity contribution in [3.63, 3.8) is 0 Å². The normalized spacial score (nSPS) is 23.0. The van der Waals surface area contributed by atoms with Crippen LogP contribution in [0.3, 0.4) is 0 Å². The number of methoxy groups -OCH3 is 1. The zero-order valence-corrected chi connectivity index (χ0v) is 11.4. The van der Waals surface area contributed by atoms with E-state index in [2.05, 4.69) is 4.98 Å². The molecule has 0 unspecified atom stereocenters. The number of nitrogens with one attached hydrogen (secondary N) is 1. The van der Waals surface area contributed by atoms with Crippen molar-refractivity contribution >= 4 is 17.7 Å². The summed E-state index contributed by atoms with van der Waals surface area (Å²) >= 11 is 1.49. The highest BCUT2D eigenvalue weighted by Crippen LogP contribution is 2.38. The summed E-state index contributed by atoms with van der Waals surface area (Å²) in [5.74, 6) is -0.241. The van der Waals surface area contributed by atoms with Crippen LogP contribution >= 0.6 is 11.8 Å². The van der Waals surface area contributed by atoms with Crippen LogP contribution < -0.4 is 5.56 Å².